The van der Waals surface area contributed by atoms with Crippen molar-refractivity contribution in [1.29, 1.82) is 0 Å². The minimum atomic E-state index is -0.977. The smallest absolute Gasteiger partial charge is 0.323 e. The second kappa shape index (κ2) is 9.84. The molecule has 0 heterocycles. The number of carboxylic acid groups (broad SMARTS) is 1. The van der Waals surface area contributed by atoms with Crippen LogP contribution in [0.3, 0.4) is 0 Å². The van der Waals surface area contributed by atoms with Crippen molar-refractivity contribution in [2.75, 3.05) is 26.3 Å². The fraction of sp³-hybridized carbons (Fsp3) is 0.667. The Morgan fingerprint density at radius 1 is 1.47 bits per heavy atom. The van der Waals surface area contributed by atoms with Crippen LogP contribution in [0.25, 0.3) is 0 Å². The fourth-order valence-corrected chi connectivity index (χ4v) is 1.38. The Hall–Kier alpha value is -1.36. The average Bonchev–Trinajstić information content (AvgIpc) is 2.27. The first-order chi connectivity index (χ1) is 8.11. The third kappa shape index (κ3) is 8.45. The molecular formula is C12H21NO4. The van der Waals surface area contributed by atoms with Gasteiger partial charge in [0, 0.05) is 19.6 Å². The van der Waals surface area contributed by atoms with E-state index < -0.39 is 5.97 Å². The van der Waals surface area contributed by atoms with Crippen LogP contribution in [0.1, 0.15) is 26.2 Å². The highest BCUT2D eigenvalue weighted by molar-refractivity contribution is 5.81. The van der Waals surface area contributed by atoms with Gasteiger partial charge in [0.2, 0.25) is 5.91 Å². The summed E-state index contributed by atoms with van der Waals surface area (Å²) in [5, 5.41) is 8.67. The molecule has 0 saturated heterocycles. The molecule has 0 saturated carbocycles. The van der Waals surface area contributed by atoms with Crippen molar-refractivity contribution in [3.63, 3.8) is 0 Å². The van der Waals surface area contributed by atoms with Gasteiger partial charge in [-0.2, -0.15) is 0 Å². The molecular weight excluding hydrogens is 222 g/mol. The number of amides is 1. The van der Waals surface area contributed by atoms with Crippen LogP contribution in [0.2, 0.25) is 0 Å². The number of aliphatic carboxylic acids is 1. The Kier molecular flexibility index (Phi) is 9.05. The summed E-state index contributed by atoms with van der Waals surface area (Å²) < 4.78 is 5.15. The van der Waals surface area contributed by atoms with E-state index in [1.165, 1.54) is 4.90 Å². The summed E-state index contributed by atoms with van der Waals surface area (Å²) in [5.41, 5.74) is 0. The van der Waals surface area contributed by atoms with E-state index in [1.54, 1.807) is 6.08 Å². The fourth-order valence-electron chi connectivity index (χ4n) is 1.38. The molecule has 0 fully saturated rings. The summed E-state index contributed by atoms with van der Waals surface area (Å²) in [6.07, 6.45) is 3.33. The molecule has 0 bridgehead atoms. The molecule has 0 unspecified atom stereocenters. The zero-order chi connectivity index (χ0) is 13.1. The maximum Gasteiger partial charge on any atom is 0.323 e. The maximum atomic E-state index is 11.7. The number of hydrogen-bond donors (Lipinski definition) is 1. The third-order valence-electron chi connectivity index (χ3n) is 2.09. The Labute approximate surface area is 102 Å². The summed E-state index contributed by atoms with van der Waals surface area (Å²) in [6.45, 7) is 6.65. The van der Waals surface area contributed by atoms with E-state index in [-0.39, 0.29) is 12.5 Å². The molecule has 0 atom stereocenters. The number of carbonyl (C=O) groups excluding carboxylic acids is 1. The van der Waals surface area contributed by atoms with Gasteiger partial charge in [-0.3, -0.25) is 9.59 Å². The molecule has 17 heavy (non-hydrogen) atoms. The highest BCUT2D eigenvalue weighted by Gasteiger charge is 2.14. The van der Waals surface area contributed by atoms with Crippen molar-refractivity contribution in [1.82, 2.24) is 4.90 Å². The van der Waals surface area contributed by atoms with Gasteiger partial charge in [0.25, 0.3) is 0 Å². The lowest BCUT2D eigenvalue weighted by molar-refractivity contribution is -0.144. The Balaban J connectivity index is 3.88. The summed E-state index contributed by atoms with van der Waals surface area (Å²) in [4.78, 5) is 23.6. The van der Waals surface area contributed by atoms with Crippen LogP contribution in [0.15, 0.2) is 12.7 Å². The van der Waals surface area contributed by atoms with Crippen molar-refractivity contribution in [3.05, 3.63) is 12.7 Å². The van der Waals surface area contributed by atoms with Crippen LogP contribution < -0.4 is 0 Å². The van der Waals surface area contributed by atoms with Crippen LogP contribution in [0.4, 0.5) is 0 Å². The molecule has 1 amide bonds. The molecule has 0 aliphatic carbocycles. The largest absolute Gasteiger partial charge is 0.480 e. The van der Waals surface area contributed by atoms with E-state index in [9.17, 15) is 9.59 Å². The van der Waals surface area contributed by atoms with Crippen LogP contribution >= 0.6 is 0 Å². The number of hydrogen-bond acceptors (Lipinski definition) is 3. The van der Waals surface area contributed by atoms with E-state index in [0.717, 1.165) is 6.42 Å². The highest BCUT2D eigenvalue weighted by atomic mass is 16.5. The normalized spacial score (nSPS) is 9.94. The van der Waals surface area contributed by atoms with Crippen molar-refractivity contribution in [2.24, 2.45) is 0 Å². The molecule has 0 rings (SSSR count). The quantitative estimate of drug-likeness (QED) is 0.464. The van der Waals surface area contributed by atoms with E-state index in [4.69, 9.17) is 9.84 Å². The standard InChI is InChI=1S/C12H21NO4/c1-3-7-13(10-12(15)16)11(14)6-5-9-17-8-4-2/h4H,2-3,5-10H2,1H3,(H,15,16). The molecule has 0 aliphatic rings. The topological polar surface area (TPSA) is 66.8 Å². The molecule has 5 heteroatoms. The van der Waals surface area contributed by atoms with E-state index >= 15 is 0 Å². The molecule has 5 nitrogen and oxygen atoms in total. The number of carbonyl (C=O) groups is 2. The molecule has 0 aromatic rings. The van der Waals surface area contributed by atoms with Gasteiger partial charge in [-0.15, -0.1) is 6.58 Å². The lowest BCUT2D eigenvalue weighted by Crippen LogP contribution is -2.36. The number of carboxylic acids is 1. The van der Waals surface area contributed by atoms with Gasteiger partial charge in [0.1, 0.15) is 6.54 Å². The van der Waals surface area contributed by atoms with E-state index in [1.807, 2.05) is 6.92 Å². The zero-order valence-corrected chi connectivity index (χ0v) is 10.4. The molecule has 0 aliphatic heterocycles. The minimum Gasteiger partial charge on any atom is -0.480 e. The monoisotopic (exact) mass is 243 g/mol. The van der Waals surface area contributed by atoms with Crippen molar-refractivity contribution in [2.45, 2.75) is 26.2 Å². The van der Waals surface area contributed by atoms with Gasteiger partial charge < -0.3 is 14.7 Å². The van der Waals surface area contributed by atoms with Gasteiger partial charge in [0.05, 0.1) is 6.61 Å². The SMILES string of the molecule is C=CCOCCCC(=O)N(CCC)CC(=O)O. The van der Waals surface area contributed by atoms with Crippen LogP contribution in [-0.4, -0.2) is 48.2 Å². The van der Waals surface area contributed by atoms with Gasteiger partial charge in [-0.1, -0.05) is 13.0 Å². The predicted molar refractivity (Wildman–Crippen MR) is 64.8 cm³/mol. The van der Waals surface area contributed by atoms with Crippen molar-refractivity contribution < 1.29 is 19.4 Å². The number of ether oxygens (including phenoxy) is 1. The molecule has 0 radical (unpaired) electrons. The second-order valence-electron chi connectivity index (χ2n) is 3.68. The lowest BCUT2D eigenvalue weighted by Gasteiger charge is -2.19. The van der Waals surface area contributed by atoms with Gasteiger partial charge in [-0.25, -0.2) is 0 Å². The maximum absolute atomic E-state index is 11.7. The van der Waals surface area contributed by atoms with Crippen molar-refractivity contribution in [3.8, 4) is 0 Å². The predicted octanol–water partition coefficient (Wildman–Crippen LogP) is 1.29. The van der Waals surface area contributed by atoms with E-state index in [0.29, 0.717) is 32.6 Å². The van der Waals surface area contributed by atoms with Crippen LogP contribution in [-0.2, 0) is 14.3 Å². The first-order valence-electron chi connectivity index (χ1n) is 5.80. The van der Waals surface area contributed by atoms with Crippen LogP contribution in [0.5, 0.6) is 0 Å². The lowest BCUT2D eigenvalue weighted by atomic mass is 10.2. The summed E-state index contributed by atoms with van der Waals surface area (Å²) in [5.74, 6) is -1.11. The number of rotatable bonds is 10. The zero-order valence-electron chi connectivity index (χ0n) is 10.4. The summed E-state index contributed by atoms with van der Waals surface area (Å²) in [7, 11) is 0. The minimum absolute atomic E-state index is 0.128. The summed E-state index contributed by atoms with van der Waals surface area (Å²) >= 11 is 0. The van der Waals surface area contributed by atoms with Gasteiger partial charge in [0.15, 0.2) is 0 Å². The first kappa shape index (κ1) is 15.6. The van der Waals surface area contributed by atoms with Crippen LogP contribution in [0, 0.1) is 0 Å². The highest BCUT2D eigenvalue weighted by Crippen LogP contribution is 2.00. The molecule has 0 spiro atoms. The third-order valence-corrected chi connectivity index (χ3v) is 2.09. The Morgan fingerprint density at radius 3 is 2.71 bits per heavy atom. The van der Waals surface area contributed by atoms with Gasteiger partial charge >= 0.3 is 5.97 Å². The molecule has 0 aromatic carbocycles. The molecule has 98 valence electrons. The number of nitrogens with zero attached hydrogens (tertiary/aromatic N) is 1. The van der Waals surface area contributed by atoms with E-state index in [2.05, 4.69) is 6.58 Å². The first-order valence-corrected chi connectivity index (χ1v) is 5.80. The molecule has 0 aromatic heterocycles. The molecule has 1 N–H and O–H groups in total. The van der Waals surface area contributed by atoms with Gasteiger partial charge in [-0.05, 0) is 12.8 Å². The second-order valence-corrected chi connectivity index (χ2v) is 3.68. The van der Waals surface area contributed by atoms with Crippen molar-refractivity contribution >= 4 is 11.9 Å². The Morgan fingerprint density at radius 2 is 2.18 bits per heavy atom. The Bertz CT molecular complexity index is 253. The average molecular weight is 243 g/mol. The summed E-state index contributed by atoms with van der Waals surface area (Å²) in [6, 6.07) is 0.